The Kier molecular flexibility index (Phi) is 7.12. The maximum atomic E-state index is 14.8. The molecule has 1 rings (SSSR count). The summed E-state index contributed by atoms with van der Waals surface area (Å²) >= 11 is 20.2. The Morgan fingerprint density at radius 3 is 1.65 bits per heavy atom. The lowest BCUT2D eigenvalue weighted by atomic mass is 9.84. The molecule has 14 heteroatoms. The predicted octanol–water partition coefficient (Wildman–Crippen LogP) is 7.89. The number of rotatable bonds is 3. The Balaban J connectivity index is 3.97. The molecule has 0 N–H and O–H groups in total. The largest absolute Gasteiger partial charge is 0.457 e. The first kappa shape index (κ1) is 24.7. The minimum absolute atomic E-state index is 0.199. The van der Waals surface area contributed by atoms with Crippen molar-refractivity contribution < 1.29 is 39.5 Å². The van der Waals surface area contributed by atoms with Crippen LogP contribution in [0.25, 0.3) is 0 Å². The van der Waals surface area contributed by atoms with Gasteiger partial charge in [-0.1, -0.05) is 50.7 Å². The van der Waals surface area contributed by atoms with E-state index in [2.05, 4.69) is 15.9 Å². The van der Waals surface area contributed by atoms with E-state index in [-0.39, 0.29) is 9.64 Å². The number of halogens is 14. The minimum Gasteiger partial charge on any atom is -0.221 e. The van der Waals surface area contributed by atoms with Gasteiger partial charge < -0.3 is 0 Å². The highest BCUT2D eigenvalue weighted by atomic mass is 127. The summed E-state index contributed by atoms with van der Waals surface area (Å²) < 4.78 is 117. The van der Waals surface area contributed by atoms with Crippen LogP contribution in [0.4, 0.5) is 39.5 Å². The highest BCUT2D eigenvalue weighted by Crippen LogP contribution is 2.59. The molecular weight excluding hydrogens is 628 g/mol. The predicted molar refractivity (Wildman–Crippen MR) is 90.7 cm³/mol. The van der Waals surface area contributed by atoms with Gasteiger partial charge in [-0.25, -0.2) is 4.39 Å². The SMILES string of the molecule is FC(F)(F)C(F)(F)C(F)(c1cc(I)cc(Br)c1CC(Cl)(Cl)Cl)C(F)(F)F. The fourth-order valence-electron chi connectivity index (χ4n) is 1.99. The van der Waals surface area contributed by atoms with E-state index in [1.54, 1.807) is 0 Å². The zero-order valence-corrected chi connectivity index (χ0v) is 17.7. The Hall–Kier alpha value is 0.670. The second-order valence-electron chi connectivity index (χ2n) is 4.93. The second-order valence-corrected chi connectivity index (χ2v) is 9.55. The van der Waals surface area contributed by atoms with E-state index in [1.807, 2.05) is 0 Å². The minimum atomic E-state index is -6.84. The number of benzene rings is 1. The van der Waals surface area contributed by atoms with Gasteiger partial charge in [0.05, 0.1) is 0 Å². The standard InChI is InChI=1S/C12H4BrCl3F9I/c13-7-2-4(26)1-6(5(7)3-8(14,15)16)9(17,11(20,21)22)10(18,19)12(23,24)25/h1-2H,3H2. The molecule has 0 radical (unpaired) electrons. The first-order valence-corrected chi connectivity index (χ1v) is 9.01. The van der Waals surface area contributed by atoms with Gasteiger partial charge in [0, 0.05) is 20.0 Å². The fraction of sp³-hybridized carbons (Fsp3) is 0.500. The van der Waals surface area contributed by atoms with E-state index in [4.69, 9.17) is 34.8 Å². The molecule has 0 aliphatic rings. The molecule has 0 saturated heterocycles. The van der Waals surface area contributed by atoms with Crippen molar-refractivity contribution in [3.05, 3.63) is 31.3 Å². The molecule has 1 atom stereocenters. The summed E-state index contributed by atoms with van der Waals surface area (Å²) in [6.45, 7) is 0. The van der Waals surface area contributed by atoms with Gasteiger partial charge in [0.2, 0.25) is 0 Å². The molecule has 1 unspecified atom stereocenters. The smallest absolute Gasteiger partial charge is 0.221 e. The Morgan fingerprint density at radius 2 is 1.31 bits per heavy atom. The molecule has 0 amide bonds. The second kappa shape index (κ2) is 7.49. The zero-order valence-electron chi connectivity index (χ0n) is 11.7. The molecule has 0 saturated carbocycles. The van der Waals surface area contributed by atoms with Gasteiger partial charge in [0.1, 0.15) is 0 Å². The van der Waals surface area contributed by atoms with Crippen molar-refractivity contribution in [3.63, 3.8) is 0 Å². The molecule has 150 valence electrons. The molecule has 0 bridgehead atoms. The van der Waals surface area contributed by atoms with Crippen LogP contribution >= 0.6 is 73.3 Å². The van der Waals surface area contributed by atoms with Crippen molar-refractivity contribution in [2.24, 2.45) is 0 Å². The van der Waals surface area contributed by atoms with Crippen molar-refractivity contribution in [1.82, 2.24) is 0 Å². The van der Waals surface area contributed by atoms with Crippen molar-refractivity contribution in [2.45, 2.75) is 34.2 Å². The van der Waals surface area contributed by atoms with Crippen LogP contribution < -0.4 is 0 Å². The quantitative estimate of drug-likeness (QED) is 0.181. The van der Waals surface area contributed by atoms with Crippen LogP contribution in [0.1, 0.15) is 11.1 Å². The highest BCUT2D eigenvalue weighted by Gasteiger charge is 2.82. The molecular formula is C12H4BrCl3F9I. The maximum Gasteiger partial charge on any atom is 0.457 e. The van der Waals surface area contributed by atoms with Gasteiger partial charge >= 0.3 is 23.9 Å². The van der Waals surface area contributed by atoms with Gasteiger partial charge in [-0.15, -0.1) is 0 Å². The van der Waals surface area contributed by atoms with Crippen LogP contribution in [-0.2, 0) is 12.1 Å². The maximum absolute atomic E-state index is 14.8. The van der Waals surface area contributed by atoms with Gasteiger partial charge in [-0.05, 0) is 40.3 Å². The van der Waals surface area contributed by atoms with E-state index in [0.29, 0.717) is 0 Å². The van der Waals surface area contributed by atoms with Gasteiger partial charge in [-0.2, -0.15) is 35.1 Å². The van der Waals surface area contributed by atoms with E-state index in [9.17, 15) is 39.5 Å². The van der Waals surface area contributed by atoms with Crippen LogP contribution in [0.15, 0.2) is 16.6 Å². The summed E-state index contributed by atoms with van der Waals surface area (Å²) in [5, 5.41) is 0. The molecule has 0 nitrogen and oxygen atoms in total. The van der Waals surface area contributed by atoms with Crippen LogP contribution in [0.5, 0.6) is 0 Å². The normalized spacial score (nSPS) is 16.5. The molecule has 1 aromatic rings. The molecule has 0 spiro atoms. The zero-order chi connectivity index (χ0) is 20.9. The summed E-state index contributed by atoms with van der Waals surface area (Å²) in [4.78, 5) is 0. The average Bonchev–Trinajstić information content (AvgIpc) is 2.36. The van der Waals surface area contributed by atoms with Crippen LogP contribution in [0.2, 0.25) is 0 Å². The molecule has 0 aliphatic heterocycles. The molecule has 1 aromatic carbocycles. The van der Waals surface area contributed by atoms with Gasteiger partial charge in [0.25, 0.3) is 0 Å². The van der Waals surface area contributed by atoms with Crippen LogP contribution in [0, 0.1) is 3.57 Å². The topological polar surface area (TPSA) is 0 Å². The molecule has 0 aromatic heterocycles. The average molecular weight is 632 g/mol. The van der Waals surface area contributed by atoms with E-state index >= 15 is 0 Å². The third kappa shape index (κ3) is 4.62. The van der Waals surface area contributed by atoms with Crippen molar-refractivity contribution in [3.8, 4) is 0 Å². The highest BCUT2D eigenvalue weighted by molar-refractivity contribution is 14.1. The lowest BCUT2D eigenvalue weighted by Crippen LogP contribution is -2.60. The molecule has 0 aliphatic carbocycles. The van der Waals surface area contributed by atoms with E-state index in [1.165, 1.54) is 22.6 Å². The number of hydrogen-bond donors (Lipinski definition) is 0. The van der Waals surface area contributed by atoms with Crippen molar-refractivity contribution >= 4 is 73.3 Å². The molecule has 0 fully saturated rings. The van der Waals surface area contributed by atoms with Crippen LogP contribution in [0.3, 0.4) is 0 Å². The first-order valence-electron chi connectivity index (χ1n) is 6.01. The van der Waals surface area contributed by atoms with Crippen LogP contribution in [-0.4, -0.2) is 22.1 Å². The third-order valence-corrected chi connectivity index (χ3v) is 4.82. The summed E-state index contributed by atoms with van der Waals surface area (Å²) in [7, 11) is 0. The monoisotopic (exact) mass is 630 g/mol. The summed E-state index contributed by atoms with van der Waals surface area (Å²) in [6, 6.07) is 1.24. The molecule has 0 heterocycles. The number of hydrogen-bond acceptors (Lipinski definition) is 0. The summed E-state index contributed by atoms with van der Waals surface area (Å²) in [5.74, 6) is -6.82. The Morgan fingerprint density at radius 1 is 0.846 bits per heavy atom. The van der Waals surface area contributed by atoms with Gasteiger partial charge in [0.15, 0.2) is 3.79 Å². The third-order valence-electron chi connectivity index (χ3n) is 3.09. The van der Waals surface area contributed by atoms with E-state index in [0.717, 1.165) is 6.07 Å². The fourth-order valence-corrected chi connectivity index (χ4v) is 4.04. The Bertz CT molecular complexity index is 684. The Labute approximate surface area is 177 Å². The van der Waals surface area contributed by atoms with Crippen molar-refractivity contribution in [1.29, 1.82) is 0 Å². The van der Waals surface area contributed by atoms with Crippen molar-refractivity contribution in [2.75, 3.05) is 0 Å². The summed E-state index contributed by atoms with van der Waals surface area (Å²) in [6.07, 6.45) is -14.6. The van der Waals surface area contributed by atoms with Gasteiger partial charge in [-0.3, -0.25) is 0 Å². The lowest BCUT2D eigenvalue weighted by molar-refractivity contribution is -0.389. The van der Waals surface area contributed by atoms with E-state index < -0.39 is 49.8 Å². The first-order chi connectivity index (χ1) is 11.3. The molecule has 26 heavy (non-hydrogen) atoms. The number of alkyl halides is 12. The summed E-state index contributed by atoms with van der Waals surface area (Å²) in [5.41, 5.74) is -9.11. The lowest BCUT2D eigenvalue weighted by Gasteiger charge is -2.37.